The Kier molecular flexibility index (Phi) is 4.18. The van der Waals surface area contributed by atoms with Crippen LogP contribution in [0.1, 0.15) is 10.4 Å². The molecule has 0 radical (unpaired) electrons. The first-order valence-electron chi connectivity index (χ1n) is 5.51. The number of benzene rings is 1. The van der Waals surface area contributed by atoms with Crippen molar-refractivity contribution in [3.8, 4) is 0 Å². The average Bonchev–Trinajstić information content (AvgIpc) is 2.46. The highest BCUT2D eigenvalue weighted by Crippen LogP contribution is 2.20. The zero-order valence-electron chi connectivity index (χ0n) is 10.2. The molecule has 104 valence electrons. The van der Waals surface area contributed by atoms with Gasteiger partial charge in [0.15, 0.2) is 11.6 Å². The third-order valence-electron chi connectivity index (χ3n) is 2.43. The van der Waals surface area contributed by atoms with E-state index in [0.717, 1.165) is 0 Å². The predicted octanol–water partition coefficient (Wildman–Crippen LogP) is 0.755. The number of nitrogens with one attached hydrogen (secondary N) is 3. The fraction of sp³-hybridized carbons (Fsp3) is 0. The van der Waals surface area contributed by atoms with Gasteiger partial charge in [-0.1, -0.05) is 23.7 Å². The highest BCUT2D eigenvalue weighted by molar-refractivity contribution is 6.33. The van der Waals surface area contributed by atoms with Crippen molar-refractivity contribution in [1.82, 2.24) is 15.4 Å². The molecule has 1 amide bonds. The third-order valence-corrected chi connectivity index (χ3v) is 2.76. The van der Waals surface area contributed by atoms with Crippen LogP contribution in [0.25, 0.3) is 0 Å². The number of nitrogens with two attached hydrogens (primary N) is 2. The Balaban J connectivity index is 2.10. The van der Waals surface area contributed by atoms with E-state index in [2.05, 4.69) is 26.2 Å². The summed E-state index contributed by atoms with van der Waals surface area (Å²) in [5.74, 6) is 5.27. The molecule has 0 saturated carbocycles. The molecule has 1 aromatic heterocycles. The molecule has 0 aliphatic rings. The van der Waals surface area contributed by atoms with Crippen molar-refractivity contribution in [3.63, 3.8) is 0 Å². The zero-order valence-corrected chi connectivity index (χ0v) is 11.0. The van der Waals surface area contributed by atoms with Gasteiger partial charge in [-0.3, -0.25) is 15.6 Å². The lowest BCUT2D eigenvalue weighted by molar-refractivity contribution is 0.0962. The largest absolute Gasteiger partial charge is 0.393 e. The van der Waals surface area contributed by atoms with Crippen LogP contribution in [-0.4, -0.2) is 15.9 Å². The Labute approximate surface area is 119 Å². The van der Waals surface area contributed by atoms with Crippen molar-refractivity contribution in [3.05, 3.63) is 41.2 Å². The average molecular weight is 294 g/mol. The van der Waals surface area contributed by atoms with Gasteiger partial charge in [-0.2, -0.15) is 0 Å². The van der Waals surface area contributed by atoms with Crippen molar-refractivity contribution in [2.45, 2.75) is 0 Å². The normalized spacial score (nSPS) is 9.90. The van der Waals surface area contributed by atoms with Gasteiger partial charge in [0.25, 0.3) is 5.91 Å². The van der Waals surface area contributed by atoms with Crippen LogP contribution >= 0.6 is 11.6 Å². The third kappa shape index (κ3) is 2.87. The maximum Gasteiger partial charge on any atom is 0.271 e. The molecular weight excluding hydrogens is 282 g/mol. The number of nitrogens with zero attached hydrogens (tertiary/aromatic N) is 2. The van der Waals surface area contributed by atoms with Crippen LogP contribution in [0.5, 0.6) is 0 Å². The van der Waals surface area contributed by atoms with Gasteiger partial charge in [0.05, 0.1) is 10.6 Å². The first-order chi connectivity index (χ1) is 9.63. The first kappa shape index (κ1) is 13.8. The van der Waals surface area contributed by atoms with Crippen LogP contribution in [0.3, 0.4) is 0 Å². The SMILES string of the molecule is NNc1ncnc(NNC(=O)c2ccccc2Cl)c1N. The van der Waals surface area contributed by atoms with Crippen molar-refractivity contribution < 1.29 is 4.79 Å². The van der Waals surface area contributed by atoms with Gasteiger partial charge < -0.3 is 11.2 Å². The molecule has 7 N–H and O–H groups in total. The highest BCUT2D eigenvalue weighted by atomic mass is 35.5. The van der Waals surface area contributed by atoms with Gasteiger partial charge in [0.2, 0.25) is 0 Å². The summed E-state index contributed by atoms with van der Waals surface area (Å²) in [5, 5.41) is 0.340. The number of hydrazine groups is 2. The van der Waals surface area contributed by atoms with E-state index in [1.54, 1.807) is 24.3 Å². The van der Waals surface area contributed by atoms with Gasteiger partial charge in [-0.15, -0.1) is 0 Å². The van der Waals surface area contributed by atoms with E-state index in [-0.39, 0.29) is 17.3 Å². The second-order valence-corrected chi connectivity index (χ2v) is 4.10. The number of carbonyl (C=O) groups excluding carboxylic acids is 1. The maximum absolute atomic E-state index is 11.9. The van der Waals surface area contributed by atoms with Gasteiger partial charge >= 0.3 is 0 Å². The second kappa shape index (κ2) is 6.04. The number of carbonyl (C=O) groups is 1. The van der Waals surface area contributed by atoms with Crippen LogP contribution in [0.4, 0.5) is 17.3 Å². The molecule has 20 heavy (non-hydrogen) atoms. The Morgan fingerprint density at radius 2 is 1.90 bits per heavy atom. The van der Waals surface area contributed by atoms with Gasteiger partial charge in [0, 0.05) is 0 Å². The number of rotatable bonds is 4. The fourth-order valence-corrected chi connectivity index (χ4v) is 1.66. The molecule has 0 atom stereocenters. The molecule has 0 fully saturated rings. The van der Waals surface area contributed by atoms with Gasteiger partial charge in [0.1, 0.15) is 12.0 Å². The standard InChI is InChI=1S/C11H12ClN7O/c12-7-4-2-1-3-6(7)11(20)19-18-10-8(13)9(17-14)15-5-16-10/h1-5H,13-14H2,(H,19,20)(H2,15,16,17,18). The number of aromatic nitrogens is 2. The minimum Gasteiger partial charge on any atom is -0.393 e. The van der Waals surface area contributed by atoms with E-state index in [0.29, 0.717) is 10.6 Å². The molecule has 0 aliphatic carbocycles. The summed E-state index contributed by atoms with van der Waals surface area (Å²) in [7, 11) is 0. The van der Waals surface area contributed by atoms with E-state index in [9.17, 15) is 4.79 Å². The smallest absolute Gasteiger partial charge is 0.271 e. The Bertz CT molecular complexity index is 634. The van der Waals surface area contributed by atoms with Crippen molar-refractivity contribution in [1.29, 1.82) is 0 Å². The highest BCUT2D eigenvalue weighted by Gasteiger charge is 2.11. The number of anilines is 3. The van der Waals surface area contributed by atoms with E-state index >= 15 is 0 Å². The van der Waals surface area contributed by atoms with E-state index in [1.165, 1.54) is 6.33 Å². The molecule has 0 aliphatic heterocycles. The molecule has 1 aromatic carbocycles. The molecule has 0 spiro atoms. The summed E-state index contributed by atoms with van der Waals surface area (Å²) in [6.07, 6.45) is 1.25. The fourth-order valence-electron chi connectivity index (χ4n) is 1.44. The first-order valence-corrected chi connectivity index (χ1v) is 5.89. The summed E-state index contributed by atoms with van der Waals surface area (Å²) in [4.78, 5) is 19.6. The lowest BCUT2D eigenvalue weighted by Gasteiger charge is -2.11. The summed E-state index contributed by atoms with van der Waals surface area (Å²) < 4.78 is 0. The zero-order chi connectivity index (χ0) is 14.5. The molecule has 2 aromatic rings. The lowest BCUT2D eigenvalue weighted by atomic mass is 10.2. The number of halogens is 1. The lowest BCUT2D eigenvalue weighted by Crippen LogP contribution is -2.30. The van der Waals surface area contributed by atoms with Crippen LogP contribution in [0, 0.1) is 0 Å². The van der Waals surface area contributed by atoms with Crippen LogP contribution in [0.2, 0.25) is 5.02 Å². The predicted molar refractivity (Wildman–Crippen MR) is 76.8 cm³/mol. The van der Waals surface area contributed by atoms with Crippen LogP contribution < -0.4 is 27.9 Å². The quantitative estimate of drug-likeness (QED) is 0.415. The molecule has 1 heterocycles. The molecule has 8 nitrogen and oxygen atoms in total. The second-order valence-electron chi connectivity index (χ2n) is 3.69. The molecule has 0 bridgehead atoms. The van der Waals surface area contributed by atoms with Crippen LogP contribution in [-0.2, 0) is 0 Å². The van der Waals surface area contributed by atoms with E-state index in [4.69, 9.17) is 23.2 Å². The molecule has 0 saturated heterocycles. The van der Waals surface area contributed by atoms with Gasteiger partial charge in [-0.25, -0.2) is 15.8 Å². The number of hydrogen-bond acceptors (Lipinski definition) is 7. The number of hydrogen-bond donors (Lipinski definition) is 5. The van der Waals surface area contributed by atoms with Crippen molar-refractivity contribution >= 4 is 34.8 Å². The minimum atomic E-state index is -0.420. The summed E-state index contributed by atoms with van der Waals surface area (Å²) >= 11 is 5.91. The maximum atomic E-state index is 11.9. The van der Waals surface area contributed by atoms with Crippen LogP contribution in [0.15, 0.2) is 30.6 Å². The molecule has 0 unspecified atom stereocenters. The minimum absolute atomic E-state index is 0.175. The Morgan fingerprint density at radius 1 is 1.20 bits per heavy atom. The van der Waals surface area contributed by atoms with E-state index < -0.39 is 5.91 Å². The molecular formula is C11H12ClN7O. The number of nitrogen functional groups attached to an aromatic ring is 2. The van der Waals surface area contributed by atoms with E-state index in [1.807, 2.05) is 0 Å². The summed E-state index contributed by atoms with van der Waals surface area (Å²) in [6.45, 7) is 0. The monoisotopic (exact) mass is 293 g/mol. The summed E-state index contributed by atoms with van der Waals surface area (Å²) in [6, 6.07) is 6.64. The van der Waals surface area contributed by atoms with Gasteiger partial charge in [-0.05, 0) is 12.1 Å². The van der Waals surface area contributed by atoms with Crippen molar-refractivity contribution in [2.75, 3.05) is 16.6 Å². The summed E-state index contributed by atoms with van der Waals surface area (Å²) in [5.41, 5.74) is 13.6. The Hall–Kier alpha value is -2.58. The topological polar surface area (TPSA) is 131 Å². The Morgan fingerprint density at radius 3 is 2.60 bits per heavy atom. The van der Waals surface area contributed by atoms with Crippen molar-refractivity contribution in [2.24, 2.45) is 5.84 Å². The molecule has 9 heteroatoms. The number of amides is 1. The molecule has 2 rings (SSSR count).